The number of rotatable bonds is 2. The van der Waals surface area contributed by atoms with E-state index in [2.05, 4.69) is 0 Å². The molecule has 0 radical (unpaired) electrons. The van der Waals surface area contributed by atoms with Gasteiger partial charge in [0.15, 0.2) is 0 Å². The maximum atomic E-state index is 12.3. The van der Waals surface area contributed by atoms with Gasteiger partial charge in [-0.1, -0.05) is 12.8 Å². The summed E-state index contributed by atoms with van der Waals surface area (Å²) in [6.45, 7) is 0.00917. The molecule has 0 bridgehead atoms. The summed E-state index contributed by atoms with van der Waals surface area (Å²) < 4.78 is 36.9. The van der Waals surface area contributed by atoms with Crippen molar-refractivity contribution in [1.29, 1.82) is 0 Å². The molecule has 2 unspecified atom stereocenters. The van der Waals surface area contributed by atoms with Crippen LogP contribution in [0.1, 0.15) is 32.1 Å². The van der Waals surface area contributed by atoms with Crippen molar-refractivity contribution in [2.45, 2.75) is 38.3 Å². The van der Waals surface area contributed by atoms with Crippen molar-refractivity contribution in [3.63, 3.8) is 0 Å². The van der Waals surface area contributed by atoms with Crippen molar-refractivity contribution in [3.05, 3.63) is 0 Å². The van der Waals surface area contributed by atoms with Gasteiger partial charge in [-0.2, -0.15) is 13.2 Å². The Labute approximate surface area is 75.9 Å². The van der Waals surface area contributed by atoms with Gasteiger partial charge in [-0.15, -0.1) is 0 Å². The second-order valence-electron chi connectivity index (χ2n) is 3.78. The maximum Gasteiger partial charge on any atom is 0.391 e. The van der Waals surface area contributed by atoms with Gasteiger partial charge in [0.25, 0.3) is 0 Å². The molecule has 1 aliphatic carbocycles. The smallest absolute Gasteiger partial charge is 0.391 e. The first-order valence-corrected chi connectivity index (χ1v) is 4.71. The van der Waals surface area contributed by atoms with Crippen molar-refractivity contribution in [3.8, 4) is 0 Å². The zero-order chi connectivity index (χ0) is 9.90. The number of alkyl halides is 3. The Morgan fingerprint density at radius 3 is 2.46 bits per heavy atom. The standard InChI is InChI=1S/C9H15F3O/c10-9(11,12)8-3-1-2-7(6-8)4-5-13/h7-8,13H,1-6H2. The lowest BCUT2D eigenvalue weighted by Crippen LogP contribution is -2.29. The van der Waals surface area contributed by atoms with Gasteiger partial charge in [-0.3, -0.25) is 0 Å². The fraction of sp³-hybridized carbons (Fsp3) is 1.00. The molecule has 0 aromatic carbocycles. The minimum atomic E-state index is -4.03. The highest BCUT2D eigenvalue weighted by Crippen LogP contribution is 2.40. The van der Waals surface area contributed by atoms with Crippen LogP contribution < -0.4 is 0 Å². The molecule has 1 saturated carbocycles. The van der Waals surface area contributed by atoms with Gasteiger partial charge in [0, 0.05) is 6.61 Å². The average molecular weight is 196 g/mol. The van der Waals surface area contributed by atoms with Crippen molar-refractivity contribution in [2.75, 3.05) is 6.61 Å². The van der Waals surface area contributed by atoms with Crippen LogP contribution in [-0.2, 0) is 0 Å². The Hall–Kier alpha value is -0.250. The highest BCUT2D eigenvalue weighted by molar-refractivity contribution is 4.77. The van der Waals surface area contributed by atoms with E-state index in [1.165, 1.54) is 0 Å². The Bertz CT molecular complexity index is 153. The molecule has 0 saturated heterocycles. The summed E-state index contributed by atoms with van der Waals surface area (Å²) in [5, 5.41) is 8.63. The van der Waals surface area contributed by atoms with E-state index in [0.717, 1.165) is 6.42 Å². The molecule has 1 nitrogen and oxygen atoms in total. The van der Waals surface area contributed by atoms with Crippen LogP contribution >= 0.6 is 0 Å². The molecule has 4 heteroatoms. The lowest BCUT2D eigenvalue weighted by Gasteiger charge is -2.30. The minimum absolute atomic E-state index is 0.00917. The Morgan fingerprint density at radius 2 is 1.92 bits per heavy atom. The SMILES string of the molecule is OCCC1CCCC(C(F)(F)F)C1. The van der Waals surface area contributed by atoms with E-state index in [0.29, 0.717) is 12.8 Å². The van der Waals surface area contributed by atoms with Gasteiger partial charge in [0.05, 0.1) is 5.92 Å². The molecule has 0 spiro atoms. The van der Waals surface area contributed by atoms with E-state index in [-0.39, 0.29) is 25.4 Å². The van der Waals surface area contributed by atoms with E-state index in [1.54, 1.807) is 0 Å². The van der Waals surface area contributed by atoms with Crippen LogP contribution in [0.4, 0.5) is 13.2 Å². The first-order valence-electron chi connectivity index (χ1n) is 4.71. The maximum absolute atomic E-state index is 12.3. The number of hydrogen-bond acceptors (Lipinski definition) is 1. The molecule has 0 aromatic rings. The van der Waals surface area contributed by atoms with E-state index >= 15 is 0 Å². The molecule has 1 aliphatic rings. The molecule has 1 N–H and O–H groups in total. The molecule has 2 atom stereocenters. The minimum Gasteiger partial charge on any atom is -0.396 e. The number of aliphatic hydroxyl groups is 1. The first kappa shape index (κ1) is 10.8. The van der Waals surface area contributed by atoms with Crippen molar-refractivity contribution < 1.29 is 18.3 Å². The summed E-state index contributed by atoms with van der Waals surface area (Å²) in [7, 11) is 0. The summed E-state index contributed by atoms with van der Waals surface area (Å²) in [5.74, 6) is -1.05. The molecule has 1 fully saturated rings. The van der Waals surface area contributed by atoms with Gasteiger partial charge < -0.3 is 5.11 Å². The van der Waals surface area contributed by atoms with Crippen LogP contribution in [0.15, 0.2) is 0 Å². The van der Waals surface area contributed by atoms with Crippen LogP contribution in [-0.4, -0.2) is 17.9 Å². The van der Waals surface area contributed by atoms with Crippen LogP contribution in [0, 0.1) is 11.8 Å². The molecule has 0 aromatic heterocycles. The molecule has 0 aliphatic heterocycles. The molecule has 0 heterocycles. The summed E-state index contributed by atoms with van der Waals surface area (Å²) in [4.78, 5) is 0. The molecular weight excluding hydrogens is 181 g/mol. The Kier molecular flexibility index (Phi) is 3.59. The third-order valence-corrected chi connectivity index (χ3v) is 2.78. The van der Waals surface area contributed by atoms with E-state index in [9.17, 15) is 13.2 Å². The fourth-order valence-corrected chi connectivity index (χ4v) is 2.03. The summed E-state index contributed by atoms with van der Waals surface area (Å²) in [6.07, 6.45) is -1.54. The largest absolute Gasteiger partial charge is 0.396 e. The summed E-state index contributed by atoms with van der Waals surface area (Å²) >= 11 is 0. The second kappa shape index (κ2) is 4.31. The molecule has 0 amide bonds. The van der Waals surface area contributed by atoms with E-state index in [1.807, 2.05) is 0 Å². The summed E-state index contributed by atoms with van der Waals surface area (Å²) in [6, 6.07) is 0. The zero-order valence-electron chi connectivity index (χ0n) is 7.48. The quantitative estimate of drug-likeness (QED) is 0.720. The average Bonchev–Trinajstić information content (AvgIpc) is 2.04. The van der Waals surface area contributed by atoms with Gasteiger partial charge in [0.1, 0.15) is 0 Å². The molecule has 78 valence electrons. The lowest BCUT2D eigenvalue weighted by atomic mass is 9.80. The third-order valence-electron chi connectivity index (χ3n) is 2.78. The predicted molar refractivity (Wildman–Crippen MR) is 43.2 cm³/mol. The lowest BCUT2D eigenvalue weighted by molar-refractivity contribution is -0.186. The van der Waals surface area contributed by atoms with Crippen molar-refractivity contribution >= 4 is 0 Å². The van der Waals surface area contributed by atoms with Gasteiger partial charge in [-0.25, -0.2) is 0 Å². The van der Waals surface area contributed by atoms with Gasteiger partial charge in [0.2, 0.25) is 0 Å². The van der Waals surface area contributed by atoms with Crippen LogP contribution in [0.5, 0.6) is 0 Å². The van der Waals surface area contributed by atoms with Crippen LogP contribution in [0.2, 0.25) is 0 Å². The second-order valence-corrected chi connectivity index (χ2v) is 3.78. The van der Waals surface area contributed by atoms with E-state index in [4.69, 9.17) is 5.11 Å². The predicted octanol–water partition coefficient (Wildman–Crippen LogP) is 2.74. The van der Waals surface area contributed by atoms with Crippen molar-refractivity contribution in [1.82, 2.24) is 0 Å². The van der Waals surface area contributed by atoms with Crippen LogP contribution in [0.3, 0.4) is 0 Å². The Morgan fingerprint density at radius 1 is 1.23 bits per heavy atom. The normalized spacial score (nSPS) is 30.5. The van der Waals surface area contributed by atoms with E-state index < -0.39 is 12.1 Å². The first-order chi connectivity index (χ1) is 6.04. The van der Waals surface area contributed by atoms with Gasteiger partial charge in [-0.05, 0) is 25.2 Å². The topological polar surface area (TPSA) is 20.2 Å². The zero-order valence-corrected chi connectivity index (χ0v) is 7.48. The number of halogens is 3. The summed E-state index contributed by atoms with van der Waals surface area (Å²) in [5.41, 5.74) is 0. The highest BCUT2D eigenvalue weighted by atomic mass is 19.4. The molecule has 13 heavy (non-hydrogen) atoms. The fourth-order valence-electron chi connectivity index (χ4n) is 2.03. The van der Waals surface area contributed by atoms with Crippen LogP contribution in [0.25, 0.3) is 0 Å². The monoisotopic (exact) mass is 196 g/mol. The van der Waals surface area contributed by atoms with Crippen molar-refractivity contribution in [2.24, 2.45) is 11.8 Å². The highest BCUT2D eigenvalue weighted by Gasteiger charge is 2.41. The van der Waals surface area contributed by atoms with Gasteiger partial charge >= 0.3 is 6.18 Å². The third kappa shape index (κ3) is 3.18. The number of aliphatic hydroxyl groups excluding tert-OH is 1. The number of hydrogen-bond donors (Lipinski definition) is 1. The molecule has 1 rings (SSSR count). The molecular formula is C9H15F3O. The Balaban J connectivity index is 2.42.